The first-order valence-corrected chi connectivity index (χ1v) is 10.9. The number of thiophene rings is 2. The van der Waals surface area contributed by atoms with Crippen molar-refractivity contribution in [3.05, 3.63) is 44.8 Å². The number of aliphatic imine (C=N–C) groups is 1. The van der Waals surface area contributed by atoms with Crippen LogP contribution in [0.25, 0.3) is 0 Å². The minimum absolute atomic E-state index is 0.632. The molecule has 4 heteroatoms. The fourth-order valence-corrected chi connectivity index (χ4v) is 4.62. The van der Waals surface area contributed by atoms with Crippen LogP contribution in [-0.4, -0.2) is 18.8 Å². The summed E-state index contributed by atoms with van der Waals surface area (Å²) in [4.78, 5) is 4.58. The van der Waals surface area contributed by atoms with Crippen molar-refractivity contribution >= 4 is 28.4 Å². The zero-order valence-electron chi connectivity index (χ0n) is 14.7. The van der Waals surface area contributed by atoms with Gasteiger partial charge < -0.3 is 5.32 Å². The van der Waals surface area contributed by atoms with Gasteiger partial charge in [0.05, 0.1) is 0 Å². The van der Waals surface area contributed by atoms with Gasteiger partial charge in [0, 0.05) is 23.9 Å². The van der Waals surface area contributed by atoms with Gasteiger partial charge in [-0.1, -0.05) is 13.8 Å². The molecule has 4 rings (SSSR count). The van der Waals surface area contributed by atoms with E-state index >= 15 is 0 Å². The van der Waals surface area contributed by atoms with Crippen molar-refractivity contribution in [3.63, 3.8) is 0 Å². The summed E-state index contributed by atoms with van der Waals surface area (Å²) < 4.78 is 0. The molecular formula is C20H28N2S2. The van der Waals surface area contributed by atoms with Crippen LogP contribution < -0.4 is 5.32 Å². The first-order valence-electron chi connectivity index (χ1n) is 9.03. The number of nitrogens with one attached hydrogen (secondary N) is 1. The topological polar surface area (TPSA) is 24.4 Å². The maximum atomic E-state index is 4.58. The highest BCUT2D eigenvalue weighted by Crippen LogP contribution is 2.26. The number of piperidine rings is 1. The van der Waals surface area contributed by atoms with Crippen LogP contribution in [-0.2, 0) is 0 Å². The summed E-state index contributed by atoms with van der Waals surface area (Å²) in [6.07, 6.45) is 5.14. The van der Waals surface area contributed by atoms with Gasteiger partial charge in [-0.3, -0.25) is 4.99 Å². The van der Waals surface area contributed by atoms with Crippen LogP contribution in [0.15, 0.2) is 38.6 Å². The van der Waals surface area contributed by atoms with Gasteiger partial charge in [-0.25, -0.2) is 0 Å². The van der Waals surface area contributed by atoms with Crippen LogP contribution >= 0.6 is 22.7 Å². The molecule has 0 radical (unpaired) electrons. The average Bonchev–Trinajstić information content (AvgIpc) is 3.31. The second kappa shape index (κ2) is 8.93. The molecule has 0 bridgehead atoms. The lowest BCUT2D eigenvalue weighted by Crippen LogP contribution is -2.31. The molecule has 130 valence electrons. The van der Waals surface area contributed by atoms with Crippen molar-refractivity contribution in [1.82, 2.24) is 5.32 Å². The molecule has 3 unspecified atom stereocenters. The summed E-state index contributed by atoms with van der Waals surface area (Å²) >= 11 is 3.55. The molecule has 1 saturated heterocycles. The minimum Gasteiger partial charge on any atom is -0.310 e. The van der Waals surface area contributed by atoms with E-state index in [4.69, 9.17) is 0 Å². The van der Waals surface area contributed by atoms with Gasteiger partial charge in [-0.05, 0) is 83.3 Å². The maximum Gasteiger partial charge on any atom is 0.0429 e. The Balaban J connectivity index is 0.000000141. The number of nitrogens with zero attached hydrogens (tertiary/aromatic N) is 1. The summed E-state index contributed by atoms with van der Waals surface area (Å²) in [5, 5.41) is 12.3. The van der Waals surface area contributed by atoms with Crippen molar-refractivity contribution in [2.24, 2.45) is 16.8 Å². The summed E-state index contributed by atoms with van der Waals surface area (Å²) in [5.74, 6) is 1.65. The first kappa shape index (κ1) is 17.8. The third-order valence-electron chi connectivity index (χ3n) is 4.93. The van der Waals surface area contributed by atoms with E-state index in [1.165, 1.54) is 42.6 Å². The van der Waals surface area contributed by atoms with E-state index in [9.17, 15) is 0 Å². The molecule has 1 N–H and O–H groups in total. The smallest absolute Gasteiger partial charge is 0.0429 e. The predicted octanol–water partition coefficient (Wildman–Crippen LogP) is 5.78. The Morgan fingerprint density at radius 3 is 2.42 bits per heavy atom. The Morgan fingerprint density at radius 2 is 1.83 bits per heavy atom. The molecule has 24 heavy (non-hydrogen) atoms. The van der Waals surface area contributed by atoms with E-state index in [1.54, 1.807) is 22.7 Å². The van der Waals surface area contributed by atoms with E-state index in [1.807, 2.05) is 0 Å². The number of hydrogen-bond donors (Lipinski definition) is 1. The largest absolute Gasteiger partial charge is 0.310 e. The molecular weight excluding hydrogens is 332 g/mol. The van der Waals surface area contributed by atoms with E-state index in [0.29, 0.717) is 6.04 Å². The molecule has 0 aliphatic carbocycles. The fraction of sp³-hybridized carbons (Fsp3) is 0.550. The lowest BCUT2D eigenvalue weighted by atomic mass is 9.93. The molecule has 3 atom stereocenters. The second-order valence-electron chi connectivity index (χ2n) is 7.14. The van der Waals surface area contributed by atoms with Gasteiger partial charge in [0.2, 0.25) is 0 Å². The minimum atomic E-state index is 0.632. The molecule has 4 heterocycles. The number of rotatable bonds is 2. The fourth-order valence-electron chi connectivity index (χ4n) is 3.24. The van der Waals surface area contributed by atoms with Gasteiger partial charge in [-0.2, -0.15) is 22.7 Å². The van der Waals surface area contributed by atoms with Gasteiger partial charge in [0.1, 0.15) is 0 Å². The quantitative estimate of drug-likeness (QED) is 0.721. The molecule has 2 nitrogen and oxygen atoms in total. The third-order valence-corrected chi connectivity index (χ3v) is 6.31. The van der Waals surface area contributed by atoms with Crippen LogP contribution in [0.3, 0.4) is 0 Å². The Bertz CT molecular complexity index is 608. The zero-order valence-corrected chi connectivity index (χ0v) is 16.3. The SMILES string of the molecule is CC1CCC(c2ccsc2)=NC1.CC1CCC(c2ccsc2)NC1. The average molecular weight is 361 g/mol. The van der Waals surface area contributed by atoms with Crippen LogP contribution in [0.2, 0.25) is 0 Å². The lowest BCUT2D eigenvalue weighted by molar-refractivity contribution is 0.333. The molecule has 1 fully saturated rings. The highest BCUT2D eigenvalue weighted by molar-refractivity contribution is 7.08. The van der Waals surface area contributed by atoms with E-state index in [-0.39, 0.29) is 0 Å². The molecule has 2 aliphatic rings. The van der Waals surface area contributed by atoms with Crippen molar-refractivity contribution in [2.75, 3.05) is 13.1 Å². The summed E-state index contributed by atoms with van der Waals surface area (Å²) in [7, 11) is 0. The van der Waals surface area contributed by atoms with E-state index in [2.05, 4.69) is 57.8 Å². The zero-order chi connectivity index (χ0) is 16.8. The van der Waals surface area contributed by atoms with Crippen LogP contribution in [0, 0.1) is 11.8 Å². The Hall–Kier alpha value is -0.970. The standard InChI is InChI=1S/C10H15NS.C10H13NS/c2*1-8-2-3-10(11-6-8)9-4-5-12-7-9/h4-5,7-8,10-11H,2-3,6H2,1H3;4-5,7-8H,2-3,6H2,1H3. The summed E-state index contributed by atoms with van der Waals surface area (Å²) in [5.41, 5.74) is 4.13. The van der Waals surface area contributed by atoms with Gasteiger partial charge in [0.25, 0.3) is 0 Å². The molecule has 2 aromatic heterocycles. The first-order chi connectivity index (χ1) is 11.7. The van der Waals surface area contributed by atoms with E-state index in [0.717, 1.165) is 24.8 Å². The number of hydrogen-bond acceptors (Lipinski definition) is 4. The normalized spacial score (nSPS) is 27.1. The van der Waals surface area contributed by atoms with Gasteiger partial charge in [0.15, 0.2) is 0 Å². The predicted molar refractivity (Wildman–Crippen MR) is 108 cm³/mol. The Labute approximate surface area is 154 Å². The molecule has 2 aliphatic heterocycles. The van der Waals surface area contributed by atoms with Crippen LogP contribution in [0.1, 0.15) is 56.7 Å². The van der Waals surface area contributed by atoms with Gasteiger partial charge >= 0.3 is 0 Å². The van der Waals surface area contributed by atoms with Crippen LogP contribution in [0.5, 0.6) is 0 Å². The highest BCUT2D eigenvalue weighted by atomic mass is 32.1. The molecule has 2 aromatic rings. The molecule has 0 amide bonds. The maximum absolute atomic E-state index is 4.58. The Morgan fingerprint density at radius 1 is 1.00 bits per heavy atom. The van der Waals surface area contributed by atoms with Gasteiger partial charge in [-0.15, -0.1) is 0 Å². The summed E-state index contributed by atoms with van der Waals surface area (Å²) in [6.45, 7) is 6.79. The molecule has 0 aromatic carbocycles. The summed E-state index contributed by atoms with van der Waals surface area (Å²) in [6, 6.07) is 5.03. The van der Waals surface area contributed by atoms with Crippen LogP contribution in [0.4, 0.5) is 0 Å². The molecule has 0 saturated carbocycles. The third kappa shape index (κ3) is 5.01. The van der Waals surface area contributed by atoms with Crippen molar-refractivity contribution in [1.29, 1.82) is 0 Å². The molecule has 0 spiro atoms. The van der Waals surface area contributed by atoms with Crippen molar-refractivity contribution < 1.29 is 0 Å². The highest BCUT2D eigenvalue weighted by Gasteiger charge is 2.18. The van der Waals surface area contributed by atoms with Crippen molar-refractivity contribution in [2.45, 2.75) is 45.6 Å². The Kier molecular flexibility index (Phi) is 6.64. The van der Waals surface area contributed by atoms with E-state index < -0.39 is 0 Å². The second-order valence-corrected chi connectivity index (χ2v) is 8.70. The monoisotopic (exact) mass is 360 g/mol. The lowest BCUT2D eigenvalue weighted by Gasteiger charge is -2.27. The van der Waals surface area contributed by atoms with Crippen molar-refractivity contribution in [3.8, 4) is 0 Å².